The fourth-order valence-corrected chi connectivity index (χ4v) is 5.37. The Kier molecular flexibility index (Phi) is 9.31. The van der Waals surface area contributed by atoms with E-state index in [4.69, 9.17) is 9.05 Å². The Bertz CT molecular complexity index is 1080. The van der Waals surface area contributed by atoms with Crippen LogP contribution in [0.1, 0.15) is 116 Å². The average molecular weight is 539 g/mol. The van der Waals surface area contributed by atoms with Crippen molar-refractivity contribution in [3.05, 3.63) is 57.6 Å². The molecule has 4 nitrogen and oxygen atoms in total. The van der Waals surface area contributed by atoms with Gasteiger partial charge in [-0.05, 0) is 56.8 Å². The van der Waals surface area contributed by atoms with Crippen LogP contribution in [0.3, 0.4) is 0 Å². The zero-order valence-corrected chi connectivity index (χ0v) is 28.8. The molecule has 2 aromatic carbocycles. The molecule has 0 aromatic heterocycles. The predicted molar refractivity (Wildman–Crippen MR) is 144 cm³/mol. The minimum absolute atomic E-state index is 0. The largest absolute Gasteiger partial charge is 1.00 e. The summed E-state index contributed by atoms with van der Waals surface area (Å²) in [6.07, 6.45) is 1.33. The van der Waals surface area contributed by atoms with Crippen LogP contribution in [0.4, 0.5) is 0 Å². The van der Waals surface area contributed by atoms with E-state index in [0.29, 0.717) is 24.3 Å². The summed E-state index contributed by atoms with van der Waals surface area (Å²) >= 11 is 0. The van der Waals surface area contributed by atoms with Crippen LogP contribution < -0.4 is 65.3 Å². The number of phosphoric ester groups is 1. The number of aryl methyl sites for hydroxylation is 2. The molecule has 6 heteroatoms. The van der Waals surface area contributed by atoms with E-state index in [1.165, 1.54) is 11.1 Å². The van der Waals surface area contributed by atoms with Crippen LogP contribution in [0.5, 0.6) is 11.5 Å². The first-order valence-electron chi connectivity index (χ1n) is 12.7. The van der Waals surface area contributed by atoms with Crippen LogP contribution >= 0.6 is 7.82 Å². The third-order valence-electron chi connectivity index (χ3n) is 6.75. The molecule has 0 aliphatic carbocycles. The van der Waals surface area contributed by atoms with E-state index >= 15 is 0 Å². The molecule has 1 aliphatic heterocycles. The maximum atomic E-state index is 13.4. The molecule has 0 amide bonds. The van der Waals surface area contributed by atoms with Gasteiger partial charge >= 0.3 is 59.2 Å². The molecule has 194 valence electrons. The average Bonchev–Trinajstić information content (AvgIpc) is 2.68. The fraction of sp³-hybridized carbons (Fsp3) is 0.600. The Hall–Kier alpha value is -0.134. The summed E-state index contributed by atoms with van der Waals surface area (Å²) in [6, 6.07) is 8.44. The standard InChI is InChI=1S/C30H45O4P.K/c1-27(2,3)21-15-19-13-14-20-16-22(28(4,5)6)18-24(30(10,11)12)26(20)34-35(31,32)33-25(19)23(17-21)29(7,8)9;/h15-18H,13-14H2,1-12H3,(H,31,32);/q;+1/p-1. The molecular weight excluding hydrogens is 494 g/mol. The first-order chi connectivity index (χ1) is 15.6. The molecule has 2 aromatic rings. The van der Waals surface area contributed by atoms with Gasteiger partial charge in [-0.1, -0.05) is 107 Å². The number of phosphoric acid groups is 1. The Morgan fingerprint density at radius 3 is 1.17 bits per heavy atom. The van der Waals surface area contributed by atoms with E-state index in [2.05, 4.69) is 107 Å². The minimum atomic E-state index is -4.70. The third-order valence-corrected chi connectivity index (χ3v) is 7.56. The topological polar surface area (TPSA) is 58.6 Å². The molecule has 0 unspecified atom stereocenters. The van der Waals surface area contributed by atoms with Crippen molar-refractivity contribution in [3.8, 4) is 11.5 Å². The van der Waals surface area contributed by atoms with E-state index < -0.39 is 7.82 Å². The number of fused-ring (bicyclic) bond motifs is 2. The second-order valence-electron chi connectivity index (χ2n) is 14.2. The first kappa shape index (κ1) is 32.1. The third kappa shape index (κ3) is 7.28. The van der Waals surface area contributed by atoms with E-state index in [0.717, 1.165) is 22.3 Å². The number of rotatable bonds is 0. The number of benzene rings is 2. The van der Waals surface area contributed by atoms with E-state index in [1.54, 1.807) is 0 Å². The molecule has 3 rings (SSSR count). The van der Waals surface area contributed by atoms with Crippen molar-refractivity contribution in [3.63, 3.8) is 0 Å². The molecule has 0 N–H and O–H groups in total. The maximum absolute atomic E-state index is 13.4. The van der Waals surface area contributed by atoms with Gasteiger partial charge in [0.15, 0.2) is 0 Å². The van der Waals surface area contributed by atoms with Crippen molar-refractivity contribution >= 4 is 7.82 Å². The maximum Gasteiger partial charge on any atom is 1.00 e. The van der Waals surface area contributed by atoms with E-state index in [-0.39, 0.29) is 73.0 Å². The quantitative estimate of drug-likeness (QED) is 0.354. The van der Waals surface area contributed by atoms with Gasteiger partial charge in [-0.15, -0.1) is 0 Å². The van der Waals surface area contributed by atoms with Crippen molar-refractivity contribution in [2.24, 2.45) is 0 Å². The van der Waals surface area contributed by atoms with E-state index in [1.807, 2.05) is 0 Å². The molecule has 0 saturated carbocycles. The van der Waals surface area contributed by atoms with E-state index in [9.17, 15) is 9.46 Å². The van der Waals surface area contributed by atoms with Crippen molar-refractivity contribution in [1.82, 2.24) is 0 Å². The Morgan fingerprint density at radius 2 is 0.917 bits per heavy atom. The second-order valence-corrected chi connectivity index (χ2v) is 15.4. The number of hydrogen-bond donors (Lipinski definition) is 0. The molecule has 0 fully saturated rings. The Balaban J connectivity index is 0.00000456. The summed E-state index contributed by atoms with van der Waals surface area (Å²) in [7, 11) is -4.70. The normalized spacial score (nSPS) is 16.2. The van der Waals surface area contributed by atoms with Crippen molar-refractivity contribution in [2.45, 2.75) is 118 Å². The smallest absolute Gasteiger partial charge is 0.736 e. The summed E-state index contributed by atoms with van der Waals surface area (Å²) < 4.78 is 25.1. The van der Waals surface area contributed by atoms with Crippen LogP contribution in [0, 0.1) is 0 Å². The van der Waals surface area contributed by atoms with Gasteiger partial charge in [0.05, 0.1) is 0 Å². The second kappa shape index (κ2) is 10.4. The molecular formula is C30H44KO4P. The number of hydrogen-bond acceptors (Lipinski definition) is 4. The van der Waals surface area contributed by atoms with Crippen molar-refractivity contribution in [1.29, 1.82) is 0 Å². The fourth-order valence-electron chi connectivity index (χ4n) is 4.46. The summed E-state index contributed by atoms with van der Waals surface area (Å²) in [5.41, 5.74) is 5.17. The molecule has 0 saturated heterocycles. The van der Waals surface area contributed by atoms with Crippen molar-refractivity contribution in [2.75, 3.05) is 0 Å². The van der Waals surface area contributed by atoms with Gasteiger partial charge in [-0.2, -0.15) is 0 Å². The van der Waals surface area contributed by atoms with Gasteiger partial charge in [0.25, 0.3) is 0 Å². The Labute approximate surface area is 262 Å². The van der Waals surface area contributed by atoms with Gasteiger partial charge in [0.1, 0.15) is 11.5 Å². The molecule has 1 aliphatic rings. The van der Waals surface area contributed by atoms with Crippen LogP contribution in [-0.4, -0.2) is 0 Å². The molecule has 0 atom stereocenters. The SMILES string of the molecule is CC(C)(C)c1cc2c(c(C(C)(C)C)c1)OP(=O)([O-])Oc1c(cc(C(C)(C)C)cc1C(C)(C)C)CC2.[K+]. The van der Waals surface area contributed by atoms with Gasteiger partial charge in [-0.3, -0.25) is 0 Å². The van der Waals surface area contributed by atoms with Gasteiger partial charge in [-0.25, -0.2) is 4.57 Å². The van der Waals surface area contributed by atoms with Crippen LogP contribution in [0.25, 0.3) is 0 Å². The summed E-state index contributed by atoms with van der Waals surface area (Å²) in [5, 5.41) is 0. The first-order valence-corrected chi connectivity index (χ1v) is 14.1. The van der Waals surface area contributed by atoms with Gasteiger partial charge in [0.2, 0.25) is 0 Å². The van der Waals surface area contributed by atoms with Crippen LogP contribution in [0.15, 0.2) is 24.3 Å². The molecule has 1 heterocycles. The zero-order chi connectivity index (χ0) is 26.8. The van der Waals surface area contributed by atoms with Crippen molar-refractivity contribution < 1.29 is 69.9 Å². The summed E-state index contributed by atoms with van der Waals surface area (Å²) in [5.74, 6) is 0.843. The van der Waals surface area contributed by atoms with Crippen LogP contribution in [0.2, 0.25) is 0 Å². The molecule has 0 bridgehead atoms. The predicted octanol–water partition coefficient (Wildman–Crippen LogP) is 4.91. The molecule has 0 spiro atoms. The minimum Gasteiger partial charge on any atom is -0.736 e. The molecule has 0 radical (unpaired) electrons. The van der Waals surface area contributed by atoms with Crippen LogP contribution in [-0.2, 0) is 39.1 Å². The van der Waals surface area contributed by atoms with Gasteiger partial charge < -0.3 is 13.9 Å². The van der Waals surface area contributed by atoms with Gasteiger partial charge in [0, 0.05) is 11.1 Å². The Morgan fingerprint density at radius 1 is 0.611 bits per heavy atom. The summed E-state index contributed by atoms with van der Waals surface area (Å²) in [4.78, 5) is 13.4. The summed E-state index contributed by atoms with van der Waals surface area (Å²) in [6.45, 7) is 25.6. The molecule has 36 heavy (non-hydrogen) atoms. The monoisotopic (exact) mass is 538 g/mol. The zero-order valence-electron chi connectivity index (χ0n) is 24.8.